The lowest BCUT2D eigenvalue weighted by Gasteiger charge is -2.16. The van der Waals surface area contributed by atoms with Gasteiger partial charge in [-0.05, 0) is 12.0 Å². The first kappa shape index (κ1) is 14.0. The van der Waals surface area contributed by atoms with E-state index in [1.54, 1.807) is 12.1 Å². The summed E-state index contributed by atoms with van der Waals surface area (Å²) < 4.78 is 30.1. The van der Waals surface area contributed by atoms with E-state index in [0.29, 0.717) is 13.0 Å². The second-order valence-electron chi connectivity index (χ2n) is 3.64. The maximum absolute atomic E-state index is 12.3. The molecule has 0 aliphatic heterocycles. The smallest absolute Gasteiger partial charge is 0.263 e. The number of hydrogen-bond donors (Lipinski definition) is 2. The minimum absolute atomic E-state index is 0.0140. The summed E-state index contributed by atoms with van der Waals surface area (Å²) >= 11 is 0. The van der Waals surface area contributed by atoms with Crippen LogP contribution in [0.4, 0.5) is 8.78 Å². The minimum atomic E-state index is -2.46. The molecule has 0 spiro atoms. The summed E-state index contributed by atoms with van der Waals surface area (Å²) in [4.78, 5) is 0. The predicted molar refractivity (Wildman–Crippen MR) is 60.8 cm³/mol. The van der Waals surface area contributed by atoms with Gasteiger partial charge in [0.25, 0.3) is 6.43 Å². The van der Waals surface area contributed by atoms with Crippen molar-refractivity contribution in [2.45, 2.75) is 19.0 Å². The van der Waals surface area contributed by atoms with Gasteiger partial charge in [0, 0.05) is 25.3 Å². The highest BCUT2D eigenvalue weighted by Gasteiger charge is 2.12. The molecular formula is C12H17F2NO2. The summed E-state index contributed by atoms with van der Waals surface area (Å²) in [6, 6.07) is 5.94. The van der Waals surface area contributed by atoms with Crippen molar-refractivity contribution in [3.63, 3.8) is 0 Å². The Morgan fingerprint density at radius 1 is 1.18 bits per heavy atom. The molecule has 0 bridgehead atoms. The molecule has 1 aromatic carbocycles. The summed E-state index contributed by atoms with van der Waals surface area (Å²) in [5.74, 6) is 0. The third kappa shape index (κ3) is 4.38. The van der Waals surface area contributed by atoms with Crippen LogP contribution >= 0.6 is 0 Å². The van der Waals surface area contributed by atoms with E-state index < -0.39 is 6.43 Å². The molecule has 1 atom stereocenters. The van der Waals surface area contributed by atoms with E-state index in [2.05, 4.69) is 0 Å². The quantitative estimate of drug-likeness (QED) is 0.723. The minimum Gasteiger partial charge on any atom is -0.396 e. The van der Waals surface area contributed by atoms with Crippen LogP contribution in [0.3, 0.4) is 0 Å². The van der Waals surface area contributed by atoms with Crippen molar-refractivity contribution in [3.05, 3.63) is 35.4 Å². The van der Waals surface area contributed by atoms with E-state index in [0.717, 1.165) is 5.56 Å². The molecule has 5 heteroatoms. The monoisotopic (exact) mass is 245 g/mol. The first-order chi connectivity index (χ1) is 8.19. The summed E-state index contributed by atoms with van der Waals surface area (Å²) in [6.07, 6.45) is -2.24. The van der Waals surface area contributed by atoms with Crippen LogP contribution in [0.15, 0.2) is 24.3 Å². The summed E-state index contributed by atoms with van der Waals surface area (Å²) in [5, 5.41) is 8.63. The van der Waals surface area contributed by atoms with Crippen LogP contribution < -0.4 is 5.73 Å². The highest BCUT2D eigenvalue weighted by molar-refractivity contribution is 5.25. The Morgan fingerprint density at radius 2 is 1.76 bits per heavy atom. The maximum Gasteiger partial charge on any atom is 0.263 e. The van der Waals surface area contributed by atoms with Crippen LogP contribution in [0.2, 0.25) is 0 Å². The van der Waals surface area contributed by atoms with Crippen molar-refractivity contribution in [1.82, 2.24) is 0 Å². The Hall–Kier alpha value is -1.04. The van der Waals surface area contributed by atoms with Gasteiger partial charge < -0.3 is 15.6 Å². The summed E-state index contributed by atoms with van der Waals surface area (Å²) in [5.41, 5.74) is 6.31. The number of rotatable bonds is 7. The molecule has 0 saturated heterocycles. The normalized spacial score (nSPS) is 13.0. The third-order valence-corrected chi connectivity index (χ3v) is 2.40. The number of aliphatic hydroxyl groups is 1. The van der Waals surface area contributed by atoms with Crippen molar-refractivity contribution in [1.29, 1.82) is 0 Å². The van der Waals surface area contributed by atoms with Gasteiger partial charge in [-0.15, -0.1) is 0 Å². The average Bonchev–Trinajstić information content (AvgIpc) is 2.35. The number of ether oxygens (including phenoxy) is 1. The van der Waals surface area contributed by atoms with E-state index in [4.69, 9.17) is 15.6 Å². The molecule has 0 amide bonds. The van der Waals surface area contributed by atoms with Crippen LogP contribution in [0.25, 0.3) is 0 Å². The maximum atomic E-state index is 12.3. The van der Waals surface area contributed by atoms with Gasteiger partial charge in [-0.3, -0.25) is 0 Å². The topological polar surface area (TPSA) is 55.5 Å². The standard InChI is InChI=1S/C12H17F2NO2/c13-12(14)10-4-2-9(3-5-10)11(8-15)17-7-1-6-16/h2-5,11-12,16H,1,6-8,15H2. The van der Waals surface area contributed by atoms with Crippen molar-refractivity contribution in [2.75, 3.05) is 19.8 Å². The van der Waals surface area contributed by atoms with Crippen LogP contribution in [0.5, 0.6) is 0 Å². The molecular weight excluding hydrogens is 228 g/mol. The van der Waals surface area contributed by atoms with E-state index in [1.807, 2.05) is 0 Å². The van der Waals surface area contributed by atoms with E-state index in [1.165, 1.54) is 12.1 Å². The van der Waals surface area contributed by atoms with Crippen LogP contribution in [0.1, 0.15) is 30.1 Å². The average molecular weight is 245 g/mol. The lowest BCUT2D eigenvalue weighted by atomic mass is 10.1. The fourth-order valence-corrected chi connectivity index (χ4v) is 1.45. The number of nitrogens with two attached hydrogens (primary N) is 1. The first-order valence-corrected chi connectivity index (χ1v) is 5.49. The Labute approximate surface area is 99.2 Å². The number of halogens is 2. The Morgan fingerprint density at radius 3 is 2.24 bits per heavy atom. The Balaban J connectivity index is 2.62. The largest absolute Gasteiger partial charge is 0.396 e. The van der Waals surface area contributed by atoms with Gasteiger partial charge in [-0.2, -0.15) is 0 Å². The summed E-state index contributed by atoms with van der Waals surface area (Å²) in [6.45, 7) is 0.732. The Bertz CT molecular complexity index is 317. The van der Waals surface area contributed by atoms with Gasteiger partial charge in [0.15, 0.2) is 0 Å². The van der Waals surface area contributed by atoms with Gasteiger partial charge in [0.05, 0.1) is 6.10 Å². The molecule has 0 aliphatic rings. The van der Waals surface area contributed by atoms with Crippen molar-refractivity contribution < 1.29 is 18.6 Å². The zero-order chi connectivity index (χ0) is 12.7. The second-order valence-corrected chi connectivity index (χ2v) is 3.64. The third-order valence-electron chi connectivity index (χ3n) is 2.40. The van der Waals surface area contributed by atoms with Crippen molar-refractivity contribution in [2.24, 2.45) is 5.73 Å². The number of benzene rings is 1. The second kappa shape index (κ2) is 7.32. The van der Waals surface area contributed by atoms with Gasteiger partial charge in [0.1, 0.15) is 0 Å². The fraction of sp³-hybridized carbons (Fsp3) is 0.500. The zero-order valence-corrected chi connectivity index (χ0v) is 9.48. The molecule has 0 saturated carbocycles. The van der Waals surface area contributed by atoms with E-state index in [9.17, 15) is 8.78 Å². The highest BCUT2D eigenvalue weighted by Crippen LogP contribution is 2.22. The molecule has 17 heavy (non-hydrogen) atoms. The van der Waals surface area contributed by atoms with E-state index in [-0.39, 0.29) is 24.8 Å². The van der Waals surface area contributed by atoms with Crippen molar-refractivity contribution >= 4 is 0 Å². The van der Waals surface area contributed by atoms with Crippen LogP contribution in [-0.2, 0) is 4.74 Å². The molecule has 0 fully saturated rings. The Kier molecular flexibility index (Phi) is 6.04. The fourth-order valence-electron chi connectivity index (χ4n) is 1.45. The molecule has 1 unspecified atom stereocenters. The highest BCUT2D eigenvalue weighted by atomic mass is 19.3. The lowest BCUT2D eigenvalue weighted by Crippen LogP contribution is -2.16. The van der Waals surface area contributed by atoms with Crippen LogP contribution in [0, 0.1) is 0 Å². The lowest BCUT2D eigenvalue weighted by molar-refractivity contribution is 0.0488. The predicted octanol–water partition coefficient (Wildman–Crippen LogP) is 2.02. The zero-order valence-electron chi connectivity index (χ0n) is 9.48. The molecule has 0 aliphatic carbocycles. The SMILES string of the molecule is NCC(OCCCO)c1ccc(C(F)F)cc1. The van der Waals surface area contributed by atoms with E-state index >= 15 is 0 Å². The molecule has 3 nitrogen and oxygen atoms in total. The molecule has 1 aromatic rings. The van der Waals surface area contributed by atoms with Gasteiger partial charge in [-0.1, -0.05) is 24.3 Å². The van der Waals surface area contributed by atoms with Gasteiger partial charge >= 0.3 is 0 Å². The van der Waals surface area contributed by atoms with Gasteiger partial charge in [0.2, 0.25) is 0 Å². The molecule has 0 aromatic heterocycles. The molecule has 0 heterocycles. The molecule has 0 radical (unpaired) electrons. The number of hydrogen-bond acceptors (Lipinski definition) is 3. The first-order valence-electron chi connectivity index (χ1n) is 5.49. The molecule has 1 rings (SSSR count). The molecule has 3 N–H and O–H groups in total. The van der Waals surface area contributed by atoms with Crippen LogP contribution in [-0.4, -0.2) is 24.9 Å². The number of aliphatic hydroxyl groups excluding tert-OH is 1. The summed E-state index contributed by atoms with van der Waals surface area (Å²) in [7, 11) is 0. The molecule has 96 valence electrons. The number of alkyl halides is 2. The van der Waals surface area contributed by atoms with Gasteiger partial charge in [-0.25, -0.2) is 8.78 Å². The van der Waals surface area contributed by atoms with Crippen molar-refractivity contribution in [3.8, 4) is 0 Å².